The van der Waals surface area contributed by atoms with Gasteiger partial charge in [0.1, 0.15) is 17.4 Å². The number of furan rings is 1. The summed E-state index contributed by atoms with van der Waals surface area (Å²) in [4.78, 5) is 16.8. The predicted octanol–water partition coefficient (Wildman–Crippen LogP) is 5.24. The van der Waals surface area contributed by atoms with E-state index >= 15 is 0 Å². The number of hydrogen-bond acceptors (Lipinski definition) is 5. The summed E-state index contributed by atoms with van der Waals surface area (Å²) >= 11 is 2.55. The van der Waals surface area contributed by atoms with E-state index in [0.29, 0.717) is 11.5 Å². The lowest BCUT2D eigenvalue weighted by atomic mass is 10.3. The summed E-state index contributed by atoms with van der Waals surface area (Å²) in [5, 5.41) is 3.50. The Labute approximate surface area is 167 Å². The van der Waals surface area contributed by atoms with Gasteiger partial charge in [-0.25, -0.2) is 13.8 Å². The van der Waals surface area contributed by atoms with Gasteiger partial charge in [-0.1, -0.05) is 12.1 Å². The number of benzene rings is 2. The van der Waals surface area contributed by atoms with Crippen molar-refractivity contribution in [2.75, 3.05) is 5.75 Å². The van der Waals surface area contributed by atoms with Crippen LogP contribution in [0.25, 0.3) is 21.0 Å². The monoisotopic (exact) mass is 416 g/mol. The molecule has 4 nitrogen and oxygen atoms in total. The first kappa shape index (κ1) is 18.6. The number of nitrogens with zero attached hydrogens (tertiary/aromatic N) is 1. The molecule has 0 radical (unpaired) electrons. The van der Waals surface area contributed by atoms with Crippen molar-refractivity contribution in [2.45, 2.75) is 11.4 Å². The van der Waals surface area contributed by atoms with Gasteiger partial charge in [0.2, 0.25) is 5.91 Å². The molecule has 1 amide bonds. The molecule has 0 aliphatic rings. The number of para-hydroxylation sites is 1. The lowest BCUT2D eigenvalue weighted by molar-refractivity contribution is -0.118. The van der Waals surface area contributed by atoms with E-state index in [-0.39, 0.29) is 23.1 Å². The number of amides is 1. The Balaban J connectivity index is 1.33. The van der Waals surface area contributed by atoms with Crippen LogP contribution in [-0.4, -0.2) is 16.6 Å². The van der Waals surface area contributed by atoms with Crippen molar-refractivity contribution in [2.24, 2.45) is 0 Å². The molecule has 8 heteroatoms. The van der Waals surface area contributed by atoms with Crippen molar-refractivity contribution >= 4 is 39.2 Å². The van der Waals surface area contributed by atoms with Crippen LogP contribution in [0.4, 0.5) is 8.78 Å². The molecule has 0 spiro atoms. The van der Waals surface area contributed by atoms with Gasteiger partial charge in [-0.2, -0.15) is 0 Å². The quantitative estimate of drug-likeness (QED) is 0.437. The topological polar surface area (TPSA) is 55.1 Å². The molecule has 0 aliphatic carbocycles. The van der Waals surface area contributed by atoms with Gasteiger partial charge >= 0.3 is 0 Å². The fourth-order valence-electron chi connectivity index (χ4n) is 2.54. The molecular formula is C20H14F2N2O2S2. The Morgan fingerprint density at radius 2 is 2.00 bits per heavy atom. The fraction of sp³-hybridized carbons (Fsp3) is 0.100. The van der Waals surface area contributed by atoms with Gasteiger partial charge in [0.05, 0.1) is 22.5 Å². The van der Waals surface area contributed by atoms with Gasteiger partial charge in [0, 0.05) is 11.0 Å². The zero-order valence-corrected chi connectivity index (χ0v) is 16.1. The van der Waals surface area contributed by atoms with Crippen LogP contribution in [0.2, 0.25) is 0 Å². The largest absolute Gasteiger partial charge is 0.457 e. The Morgan fingerprint density at radius 1 is 1.14 bits per heavy atom. The van der Waals surface area contributed by atoms with E-state index in [9.17, 15) is 13.6 Å². The average Bonchev–Trinajstić information content (AvgIpc) is 3.32. The molecule has 28 heavy (non-hydrogen) atoms. The van der Waals surface area contributed by atoms with Crippen LogP contribution in [0.1, 0.15) is 5.76 Å². The van der Waals surface area contributed by atoms with Crippen LogP contribution in [0.5, 0.6) is 0 Å². The standard InChI is InChI=1S/C20H14F2N2O2S2/c21-12-5-8-17(14(22)9-12)27-11-19(25)23-10-13-6-7-16(26-13)20-24-15-3-1-2-4-18(15)28-20/h1-9H,10-11H2,(H,23,25). The van der Waals surface area contributed by atoms with Crippen LogP contribution >= 0.6 is 23.1 Å². The maximum Gasteiger partial charge on any atom is 0.230 e. The van der Waals surface area contributed by atoms with Crippen LogP contribution in [-0.2, 0) is 11.3 Å². The molecule has 2 heterocycles. The minimum atomic E-state index is -0.677. The molecule has 1 N–H and O–H groups in total. The van der Waals surface area contributed by atoms with E-state index in [2.05, 4.69) is 10.3 Å². The molecule has 0 saturated heterocycles. The van der Waals surface area contributed by atoms with Gasteiger partial charge in [0.15, 0.2) is 10.8 Å². The van der Waals surface area contributed by atoms with E-state index in [1.807, 2.05) is 30.3 Å². The van der Waals surface area contributed by atoms with E-state index in [4.69, 9.17) is 4.42 Å². The van der Waals surface area contributed by atoms with Crippen molar-refractivity contribution in [1.29, 1.82) is 0 Å². The molecule has 0 atom stereocenters. The van der Waals surface area contributed by atoms with E-state index in [1.54, 1.807) is 6.07 Å². The van der Waals surface area contributed by atoms with Gasteiger partial charge < -0.3 is 9.73 Å². The minimum Gasteiger partial charge on any atom is -0.457 e. The Kier molecular flexibility index (Phi) is 5.40. The van der Waals surface area contributed by atoms with Crippen molar-refractivity contribution in [1.82, 2.24) is 10.3 Å². The van der Waals surface area contributed by atoms with Crippen molar-refractivity contribution in [3.63, 3.8) is 0 Å². The molecular weight excluding hydrogens is 402 g/mol. The maximum absolute atomic E-state index is 13.6. The molecule has 2 aromatic heterocycles. The molecule has 0 bridgehead atoms. The normalized spacial score (nSPS) is 11.1. The highest BCUT2D eigenvalue weighted by Gasteiger charge is 2.12. The van der Waals surface area contributed by atoms with Gasteiger partial charge in [-0.3, -0.25) is 4.79 Å². The van der Waals surface area contributed by atoms with Crippen LogP contribution < -0.4 is 5.32 Å². The molecule has 0 fully saturated rings. The molecule has 142 valence electrons. The van der Waals surface area contributed by atoms with E-state index < -0.39 is 11.6 Å². The first-order chi connectivity index (χ1) is 13.6. The number of rotatable bonds is 6. The number of thioether (sulfide) groups is 1. The zero-order valence-electron chi connectivity index (χ0n) is 14.4. The second kappa shape index (κ2) is 8.12. The van der Waals surface area contributed by atoms with Gasteiger partial charge in [-0.15, -0.1) is 23.1 Å². The summed E-state index contributed by atoms with van der Waals surface area (Å²) in [5.41, 5.74) is 0.916. The second-order valence-corrected chi connectivity index (χ2v) is 7.94. The number of nitrogens with one attached hydrogen (secondary N) is 1. The third kappa shape index (κ3) is 4.23. The summed E-state index contributed by atoms with van der Waals surface area (Å²) < 4.78 is 33.3. The van der Waals surface area contributed by atoms with Gasteiger partial charge in [-0.05, 0) is 36.4 Å². The molecule has 4 aromatic rings. The number of halogens is 2. The first-order valence-corrected chi connectivity index (χ1v) is 10.2. The minimum absolute atomic E-state index is 0.0218. The Bertz CT molecular complexity index is 1110. The van der Waals surface area contributed by atoms with Gasteiger partial charge in [0.25, 0.3) is 0 Å². The van der Waals surface area contributed by atoms with Crippen molar-refractivity contribution < 1.29 is 18.0 Å². The smallest absolute Gasteiger partial charge is 0.230 e. The highest BCUT2D eigenvalue weighted by atomic mass is 32.2. The third-order valence-corrected chi connectivity index (χ3v) is 5.98. The number of carbonyl (C=O) groups excluding carboxylic acids is 1. The summed E-state index contributed by atoms with van der Waals surface area (Å²) in [6.07, 6.45) is 0. The first-order valence-electron chi connectivity index (χ1n) is 8.38. The molecule has 2 aromatic carbocycles. The van der Waals surface area contributed by atoms with E-state index in [0.717, 1.165) is 39.1 Å². The third-order valence-electron chi connectivity index (χ3n) is 3.88. The summed E-state index contributed by atoms with van der Waals surface area (Å²) in [7, 11) is 0. The number of aromatic nitrogens is 1. The molecule has 0 saturated carbocycles. The lowest BCUT2D eigenvalue weighted by Crippen LogP contribution is -2.24. The predicted molar refractivity (Wildman–Crippen MR) is 106 cm³/mol. The summed E-state index contributed by atoms with van der Waals surface area (Å²) in [6, 6.07) is 14.7. The average molecular weight is 416 g/mol. The zero-order chi connectivity index (χ0) is 19.5. The lowest BCUT2D eigenvalue weighted by Gasteiger charge is -2.04. The highest BCUT2D eigenvalue weighted by Crippen LogP contribution is 2.31. The van der Waals surface area contributed by atoms with Crippen LogP contribution in [0.3, 0.4) is 0 Å². The van der Waals surface area contributed by atoms with Crippen molar-refractivity contribution in [3.05, 3.63) is 72.0 Å². The Hall–Kier alpha value is -2.71. The number of thiazole rings is 1. The molecule has 0 aliphatic heterocycles. The number of hydrogen-bond donors (Lipinski definition) is 1. The van der Waals surface area contributed by atoms with Crippen LogP contribution in [0, 0.1) is 11.6 Å². The molecule has 0 unspecified atom stereocenters. The fourth-order valence-corrected chi connectivity index (χ4v) is 4.21. The van der Waals surface area contributed by atoms with E-state index in [1.165, 1.54) is 17.4 Å². The summed E-state index contributed by atoms with van der Waals surface area (Å²) in [5.74, 6) is -0.327. The summed E-state index contributed by atoms with van der Waals surface area (Å²) in [6.45, 7) is 0.218. The maximum atomic E-state index is 13.6. The SMILES string of the molecule is O=C(CSc1ccc(F)cc1F)NCc1ccc(-c2nc3ccccc3s2)o1. The molecule has 4 rings (SSSR count). The number of carbonyl (C=O) groups is 1. The highest BCUT2D eigenvalue weighted by molar-refractivity contribution is 8.00. The second-order valence-electron chi connectivity index (χ2n) is 5.89. The van der Waals surface area contributed by atoms with Crippen LogP contribution in [0.15, 0.2) is 63.9 Å². The Morgan fingerprint density at radius 3 is 2.82 bits per heavy atom. The van der Waals surface area contributed by atoms with Crippen molar-refractivity contribution in [3.8, 4) is 10.8 Å². The number of fused-ring (bicyclic) bond motifs is 1.